The van der Waals surface area contributed by atoms with Gasteiger partial charge in [-0.1, -0.05) is 30.3 Å². The van der Waals surface area contributed by atoms with Gasteiger partial charge in [0, 0.05) is 17.3 Å². The fourth-order valence-electron chi connectivity index (χ4n) is 3.30. The lowest BCUT2D eigenvalue weighted by Crippen LogP contribution is -2.14. The average molecular weight is 436 g/mol. The third kappa shape index (κ3) is 4.44. The van der Waals surface area contributed by atoms with Gasteiger partial charge in [0.25, 0.3) is 5.91 Å². The molecule has 31 heavy (non-hydrogen) atoms. The van der Waals surface area contributed by atoms with E-state index < -0.39 is 9.84 Å². The number of hydrogen-bond acceptors (Lipinski definition) is 5. The SMILES string of the molecule is COc1ccc(NC(=O)c2nn(Cc3ccc(S(C)(=O)=O)cc3)c3ccccc23)cc1. The summed E-state index contributed by atoms with van der Waals surface area (Å²) in [7, 11) is -1.67. The molecule has 4 rings (SSSR count). The Bertz CT molecular complexity index is 1340. The Kier molecular flexibility index (Phi) is 5.48. The van der Waals surface area contributed by atoms with Crippen LogP contribution in [0.25, 0.3) is 10.9 Å². The number of amides is 1. The number of carbonyl (C=O) groups excluding carboxylic acids is 1. The molecule has 0 aliphatic carbocycles. The molecule has 1 aromatic heterocycles. The molecule has 7 nitrogen and oxygen atoms in total. The molecule has 1 N–H and O–H groups in total. The number of methoxy groups -OCH3 is 1. The van der Waals surface area contributed by atoms with Crippen LogP contribution in [0.4, 0.5) is 5.69 Å². The average Bonchev–Trinajstić information content (AvgIpc) is 3.13. The van der Waals surface area contributed by atoms with Crippen LogP contribution >= 0.6 is 0 Å². The summed E-state index contributed by atoms with van der Waals surface area (Å²) in [5.41, 5.74) is 2.65. The van der Waals surface area contributed by atoms with E-state index in [1.807, 2.05) is 24.3 Å². The summed E-state index contributed by atoms with van der Waals surface area (Å²) in [5, 5.41) is 8.15. The molecule has 1 heterocycles. The maximum atomic E-state index is 12.9. The fraction of sp³-hybridized carbons (Fsp3) is 0.130. The lowest BCUT2D eigenvalue weighted by atomic mass is 10.2. The molecule has 8 heteroatoms. The van der Waals surface area contributed by atoms with Gasteiger partial charge in [0.15, 0.2) is 15.5 Å². The summed E-state index contributed by atoms with van der Waals surface area (Å²) >= 11 is 0. The zero-order chi connectivity index (χ0) is 22.0. The Morgan fingerprint density at radius 3 is 2.32 bits per heavy atom. The summed E-state index contributed by atoms with van der Waals surface area (Å²) in [4.78, 5) is 13.2. The summed E-state index contributed by atoms with van der Waals surface area (Å²) in [5.74, 6) is 0.391. The Morgan fingerprint density at radius 2 is 1.68 bits per heavy atom. The Morgan fingerprint density at radius 1 is 1.00 bits per heavy atom. The van der Waals surface area contributed by atoms with E-state index in [2.05, 4.69) is 10.4 Å². The number of para-hydroxylation sites is 1. The van der Waals surface area contributed by atoms with Gasteiger partial charge in [-0.3, -0.25) is 9.48 Å². The van der Waals surface area contributed by atoms with Crippen LogP contribution in [0.3, 0.4) is 0 Å². The van der Waals surface area contributed by atoms with Crippen LogP contribution in [0, 0.1) is 0 Å². The molecule has 0 atom stereocenters. The van der Waals surface area contributed by atoms with Crippen LogP contribution in [0.1, 0.15) is 16.1 Å². The predicted molar refractivity (Wildman–Crippen MR) is 119 cm³/mol. The Balaban J connectivity index is 1.63. The largest absolute Gasteiger partial charge is 0.497 e. The van der Waals surface area contributed by atoms with Crippen LogP contribution < -0.4 is 10.1 Å². The number of hydrogen-bond donors (Lipinski definition) is 1. The third-order valence-corrected chi connectivity index (χ3v) is 6.03. The molecule has 0 spiro atoms. The molecule has 0 unspecified atom stereocenters. The second-order valence-corrected chi connectivity index (χ2v) is 9.14. The molecular formula is C23H21N3O4S. The highest BCUT2D eigenvalue weighted by atomic mass is 32.2. The van der Waals surface area contributed by atoms with Crippen molar-refractivity contribution in [3.05, 3.63) is 84.1 Å². The molecule has 158 valence electrons. The number of nitrogens with zero attached hydrogens (tertiary/aromatic N) is 2. The standard InChI is InChI=1S/C23H21N3O4S/c1-30-18-11-9-17(10-12-18)24-23(27)22-20-5-3-4-6-21(20)26(25-22)15-16-7-13-19(14-8-16)31(2,28)29/h3-14H,15H2,1-2H3,(H,24,27). The third-order valence-electron chi connectivity index (χ3n) is 4.90. The number of sulfone groups is 1. The second-order valence-electron chi connectivity index (χ2n) is 7.12. The Hall–Kier alpha value is -3.65. The lowest BCUT2D eigenvalue weighted by Gasteiger charge is -2.06. The van der Waals surface area contributed by atoms with Crippen molar-refractivity contribution >= 4 is 32.3 Å². The molecule has 3 aromatic carbocycles. The highest BCUT2D eigenvalue weighted by Crippen LogP contribution is 2.22. The van der Waals surface area contributed by atoms with Crippen molar-refractivity contribution in [1.82, 2.24) is 9.78 Å². The molecule has 0 radical (unpaired) electrons. The first-order valence-electron chi connectivity index (χ1n) is 9.55. The lowest BCUT2D eigenvalue weighted by molar-refractivity contribution is 0.102. The fourth-order valence-corrected chi connectivity index (χ4v) is 3.93. The predicted octanol–water partition coefficient (Wildman–Crippen LogP) is 3.75. The molecule has 1 amide bonds. The van der Waals surface area contributed by atoms with Crippen LogP contribution in [-0.2, 0) is 16.4 Å². The molecule has 0 aliphatic heterocycles. The van der Waals surface area contributed by atoms with Gasteiger partial charge >= 0.3 is 0 Å². The van der Waals surface area contributed by atoms with Crippen LogP contribution in [0.5, 0.6) is 5.75 Å². The monoisotopic (exact) mass is 435 g/mol. The summed E-state index contributed by atoms with van der Waals surface area (Å²) in [6.45, 7) is 0.403. The van der Waals surface area contributed by atoms with Crippen molar-refractivity contribution in [3.8, 4) is 5.75 Å². The minimum Gasteiger partial charge on any atom is -0.497 e. The maximum Gasteiger partial charge on any atom is 0.276 e. The first-order chi connectivity index (χ1) is 14.8. The quantitative estimate of drug-likeness (QED) is 0.498. The molecule has 0 saturated heterocycles. The Labute approximate surface area is 180 Å². The number of nitrogens with one attached hydrogen (secondary N) is 1. The number of carbonyl (C=O) groups is 1. The minimum absolute atomic E-state index is 0.265. The van der Waals surface area contributed by atoms with Crippen molar-refractivity contribution in [2.75, 3.05) is 18.7 Å². The minimum atomic E-state index is -3.25. The second kappa shape index (κ2) is 8.23. The zero-order valence-corrected chi connectivity index (χ0v) is 17.9. The van der Waals surface area contributed by atoms with Crippen molar-refractivity contribution < 1.29 is 17.9 Å². The van der Waals surface area contributed by atoms with Crippen molar-refractivity contribution in [2.45, 2.75) is 11.4 Å². The van der Waals surface area contributed by atoms with E-state index >= 15 is 0 Å². The van der Waals surface area contributed by atoms with Crippen LogP contribution in [0.15, 0.2) is 77.7 Å². The van der Waals surface area contributed by atoms with Gasteiger partial charge in [0.1, 0.15) is 5.75 Å². The summed E-state index contributed by atoms with van der Waals surface area (Å²) in [6, 6.07) is 21.2. The summed E-state index contributed by atoms with van der Waals surface area (Å²) < 4.78 is 30.2. The molecule has 0 bridgehead atoms. The van der Waals surface area contributed by atoms with E-state index in [9.17, 15) is 13.2 Å². The first-order valence-corrected chi connectivity index (χ1v) is 11.4. The van der Waals surface area contributed by atoms with Crippen molar-refractivity contribution in [3.63, 3.8) is 0 Å². The molecule has 0 saturated carbocycles. The van der Waals surface area contributed by atoms with E-state index in [0.717, 1.165) is 16.5 Å². The first kappa shape index (κ1) is 20.6. The van der Waals surface area contributed by atoms with Gasteiger partial charge in [-0.05, 0) is 48.0 Å². The molecule has 4 aromatic rings. The zero-order valence-electron chi connectivity index (χ0n) is 17.1. The number of ether oxygens (including phenoxy) is 1. The number of aromatic nitrogens is 2. The number of rotatable bonds is 6. The van der Waals surface area contributed by atoms with Gasteiger partial charge < -0.3 is 10.1 Å². The van der Waals surface area contributed by atoms with Crippen molar-refractivity contribution in [2.24, 2.45) is 0 Å². The number of fused-ring (bicyclic) bond motifs is 1. The van der Waals surface area contributed by atoms with E-state index in [4.69, 9.17) is 4.74 Å². The maximum absolute atomic E-state index is 12.9. The van der Waals surface area contributed by atoms with Gasteiger partial charge in [-0.2, -0.15) is 5.10 Å². The topological polar surface area (TPSA) is 90.3 Å². The van der Waals surface area contributed by atoms with E-state index in [0.29, 0.717) is 23.7 Å². The van der Waals surface area contributed by atoms with Gasteiger partial charge in [0.05, 0.1) is 24.1 Å². The molecular weight excluding hydrogens is 414 g/mol. The van der Waals surface area contributed by atoms with Crippen LogP contribution in [0.2, 0.25) is 0 Å². The van der Waals surface area contributed by atoms with Gasteiger partial charge in [-0.25, -0.2) is 8.42 Å². The highest BCUT2D eigenvalue weighted by molar-refractivity contribution is 7.90. The van der Waals surface area contributed by atoms with Gasteiger partial charge in [0.2, 0.25) is 0 Å². The van der Waals surface area contributed by atoms with E-state index in [-0.39, 0.29) is 10.8 Å². The number of benzene rings is 3. The van der Waals surface area contributed by atoms with Crippen molar-refractivity contribution in [1.29, 1.82) is 0 Å². The normalized spacial score (nSPS) is 11.4. The van der Waals surface area contributed by atoms with Crippen LogP contribution in [-0.4, -0.2) is 37.5 Å². The summed E-state index contributed by atoms with van der Waals surface area (Å²) in [6.07, 6.45) is 1.18. The highest BCUT2D eigenvalue weighted by Gasteiger charge is 2.17. The smallest absolute Gasteiger partial charge is 0.276 e. The van der Waals surface area contributed by atoms with E-state index in [1.165, 1.54) is 6.26 Å². The number of anilines is 1. The molecule has 0 aliphatic rings. The molecule has 0 fully saturated rings. The van der Waals surface area contributed by atoms with E-state index in [1.54, 1.807) is 60.3 Å². The van der Waals surface area contributed by atoms with Gasteiger partial charge in [-0.15, -0.1) is 0 Å².